The summed E-state index contributed by atoms with van der Waals surface area (Å²) in [6.07, 6.45) is 3.60. The first-order chi connectivity index (χ1) is 28.3. The minimum atomic E-state index is 0.546. The van der Waals surface area contributed by atoms with E-state index in [0.717, 1.165) is 91.9 Å². The van der Waals surface area contributed by atoms with Crippen LogP contribution in [0.2, 0.25) is 0 Å². The molecule has 7 nitrogen and oxygen atoms in total. The molecule has 266 valence electrons. The third-order valence-electron chi connectivity index (χ3n) is 10.9. The van der Waals surface area contributed by atoms with Crippen LogP contribution in [0.3, 0.4) is 0 Å². The molecule has 0 aliphatic heterocycles. The Balaban J connectivity index is 1.26. The summed E-state index contributed by atoms with van der Waals surface area (Å²) in [7, 11) is 0. The summed E-state index contributed by atoms with van der Waals surface area (Å²) in [5.74, 6) is 1.75. The molecule has 8 heteroatoms. The van der Waals surface area contributed by atoms with Crippen molar-refractivity contribution in [2.45, 2.75) is 0 Å². The van der Waals surface area contributed by atoms with E-state index < -0.39 is 0 Å². The van der Waals surface area contributed by atoms with Gasteiger partial charge in [0.05, 0.1) is 26.8 Å². The van der Waals surface area contributed by atoms with Gasteiger partial charge in [-0.25, -0.2) is 15.0 Å². The predicted molar refractivity (Wildman–Crippen MR) is 233 cm³/mol. The van der Waals surface area contributed by atoms with E-state index in [9.17, 15) is 0 Å². The third-order valence-corrected chi connectivity index (χ3v) is 12.1. The Morgan fingerprint density at radius 3 is 1.67 bits per heavy atom. The SMILES string of the molecule is c1ccc(-c2ccc(-c3nc(-c4ccccc4)nc(-n4c5ccccc5c5c6c7cncnc7sc6c6c(c7ccccc7n6-c6ccccc6)c54)n3)cc2)cc1. The lowest BCUT2D eigenvalue weighted by Gasteiger charge is -2.12. The summed E-state index contributed by atoms with van der Waals surface area (Å²) < 4.78 is 5.83. The standard InChI is InChI=1S/C49H29N7S/c1-4-14-30(15-5-1)31-24-26-33(27-25-31)47-52-46(32-16-6-2-7-17-32)53-49(54-47)56-39-23-13-10-20-35(39)40-41-37-28-50-29-51-48(37)57-45(41)44-42(43(40)56)36-21-11-12-22-38(36)55(44)34-18-8-3-9-19-34/h1-29H. The van der Waals surface area contributed by atoms with Crippen LogP contribution in [0.1, 0.15) is 0 Å². The first-order valence-electron chi connectivity index (χ1n) is 18.8. The minimum Gasteiger partial charge on any atom is -0.308 e. The topological polar surface area (TPSA) is 74.3 Å². The molecular weight excluding hydrogens is 719 g/mol. The normalized spacial score (nSPS) is 11.9. The van der Waals surface area contributed by atoms with Gasteiger partial charge in [0.25, 0.3) is 0 Å². The average Bonchev–Trinajstić information content (AvgIpc) is 3.95. The molecule has 0 aliphatic rings. The fourth-order valence-electron chi connectivity index (χ4n) is 8.49. The van der Waals surface area contributed by atoms with Gasteiger partial charge in [0.15, 0.2) is 11.6 Å². The van der Waals surface area contributed by atoms with Crippen LogP contribution in [-0.2, 0) is 0 Å². The van der Waals surface area contributed by atoms with Gasteiger partial charge < -0.3 is 4.57 Å². The first kappa shape index (κ1) is 31.8. The van der Waals surface area contributed by atoms with Crippen molar-refractivity contribution >= 4 is 75.3 Å². The number of fused-ring (bicyclic) bond motifs is 12. The fourth-order valence-corrected chi connectivity index (χ4v) is 9.65. The molecule has 7 aromatic carbocycles. The first-order valence-corrected chi connectivity index (χ1v) is 19.7. The zero-order chi connectivity index (χ0) is 37.5. The highest BCUT2D eigenvalue weighted by Gasteiger charge is 2.28. The molecular formula is C49H29N7S. The second-order valence-corrected chi connectivity index (χ2v) is 15.1. The lowest BCUT2D eigenvalue weighted by Crippen LogP contribution is -2.06. The maximum atomic E-state index is 5.37. The zero-order valence-electron chi connectivity index (χ0n) is 30.3. The number of nitrogens with zero attached hydrogens (tertiary/aromatic N) is 7. The number of hydrogen-bond donors (Lipinski definition) is 0. The zero-order valence-corrected chi connectivity index (χ0v) is 31.1. The summed E-state index contributed by atoms with van der Waals surface area (Å²) in [6, 6.07) is 57.0. The molecule has 0 saturated heterocycles. The molecule has 0 N–H and O–H groups in total. The van der Waals surface area contributed by atoms with Crippen molar-refractivity contribution in [1.82, 2.24) is 34.1 Å². The number of rotatable bonds is 5. The number of thiophene rings is 1. The summed E-state index contributed by atoms with van der Waals surface area (Å²) in [6.45, 7) is 0. The smallest absolute Gasteiger partial charge is 0.238 e. The second kappa shape index (κ2) is 12.5. The van der Waals surface area contributed by atoms with Crippen LogP contribution in [0.25, 0.3) is 109 Å². The van der Waals surface area contributed by atoms with E-state index in [-0.39, 0.29) is 0 Å². The summed E-state index contributed by atoms with van der Waals surface area (Å²) >= 11 is 1.72. The monoisotopic (exact) mass is 747 g/mol. The Labute approximate surface area is 329 Å². The Bertz CT molecular complexity index is 3500. The summed E-state index contributed by atoms with van der Waals surface area (Å²) in [5, 5.41) is 6.66. The molecule has 57 heavy (non-hydrogen) atoms. The van der Waals surface area contributed by atoms with Gasteiger partial charge in [0.1, 0.15) is 11.2 Å². The highest BCUT2D eigenvalue weighted by molar-refractivity contribution is 7.26. The van der Waals surface area contributed by atoms with Gasteiger partial charge in [-0.2, -0.15) is 9.97 Å². The van der Waals surface area contributed by atoms with Crippen molar-refractivity contribution in [3.05, 3.63) is 176 Å². The number of hydrogen-bond acceptors (Lipinski definition) is 6. The molecule has 5 heterocycles. The lowest BCUT2D eigenvalue weighted by atomic mass is 10.0. The van der Waals surface area contributed by atoms with Crippen molar-refractivity contribution in [2.24, 2.45) is 0 Å². The Morgan fingerprint density at radius 1 is 0.421 bits per heavy atom. The average molecular weight is 748 g/mol. The quantitative estimate of drug-likeness (QED) is 0.175. The fraction of sp³-hybridized carbons (Fsp3) is 0. The molecule has 0 fully saturated rings. The number of para-hydroxylation sites is 3. The van der Waals surface area contributed by atoms with Crippen molar-refractivity contribution < 1.29 is 0 Å². The molecule has 12 rings (SSSR count). The van der Waals surface area contributed by atoms with Gasteiger partial charge in [-0.15, -0.1) is 11.3 Å². The van der Waals surface area contributed by atoms with Gasteiger partial charge in [0, 0.05) is 55.3 Å². The highest BCUT2D eigenvalue weighted by atomic mass is 32.1. The Kier molecular flexibility index (Phi) is 6.96. The molecule has 0 radical (unpaired) electrons. The van der Waals surface area contributed by atoms with Crippen molar-refractivity contribution in [1.29, 1.82) is 0 Å². The Hall–Kier alpha value is -7.55. The van der Waals surface area contributed by atoms with Gasteiger partial charge in [-0.1, -0.05) is 140 Å². The molecule has 0 spiro atoms. The van der Waals surface area contributed by atoms with Gasteiger partial charge in [0.2, 0.25) is 5.95 Å². The molecule has 0 aliphatic carbocycles. The Morgan fingerprint density at radius 2 is 0.965 bits per heavy atom. The van der Waals surface area contributed by atoms with Crippen LogP contribution in [0.5, 0.6) is 0 Å². The predicted octanol–water partition coefficient (Wildman–Crippen LogP) is 12.2. The van der Waals surface area contributed by atoms with Crippen LogP contribution in [0, 0.1) is 0 Å². The maximum absolute atomic E-state index is 5.37. The number of benzene rings is 7. The van der Waals surface area contributed by atoms with E-state index in [2.05, 4.69) is 154 Å². The number of aromatic nitrogens is 7. The van der Waals surface area contributed by atoms with Crippen LogP contribution < -0.4 is 0 Å². The molecule has 0 atom stereocenters. The van der Waals surface area contributed by atoms with E-state index in [1.807, 2.05) is 30.5 Å². The third kappa shape index (κ3) is 4.81. The van der Waals surface area contributed by atoms with E-state index in [4.69, 9.17) is 19.9 Å². The van der Waals surface area contributed by atoms with Crippen molar-refractivity contribution in [3.63, 3.8) is 0 Å². The molecule has 0 unspecified atom stereocenters. The largest absolute Gasteiger partial charge is 0.308 e. The molecule has 0 bridgehead atoms. The van der Waals surface area contributed by atoms with Crippen molar-refractivity contribution in [2.75, 3.05) is 0 Å². The molecule has 5 aromatic heterocycles. The van der Waals surface area contributed by atoms with Gasteiger partial charge in [-0.05, 0) is 35.4 Å². The van der Waals surface area contributed by atoms with E-state index >= 15 is 0 Å². The maximum Gasteiger partial charge on any atom is 0.238 e. The molecule has 0 amide bonds. The summed E-state index contributed by atoms with van der Waals surface area (Å²) in [5.41, 5.74) is 9.47. The van der Waals surface area contributed by atoms with Crippen LogP contribution >= 0.6 is 11.3 Å². The van der Waals surface area contributed by atoms with Crippen LogP contribution in [0.15, 0.2) is 176 Å². The highest BCUT2D eigenvalue weighted by Crippen LogP contribution is 2.50. The van der Waals surface area contributed by atoms with Crippen LogP contribution in [0.4, 0.5) is 0 Å². The van der Waals surface area contributed by atoms with E-state index in [1.54, 1.807) is 17.7 Å². The van der Waals surface area contributed by atoms with E-state index in [0.29, 0.717) is 17.6 Å². The van der Waals surface area contributed by atoms with Gasteiger partial charge >= 0.3 is 0 Å². The van der Waals surface area contributed by atoms with E-state index in [1.165, 1.54) is 0 Å². The van der Waals surface area contributed by atoms with Crippen LogP contribution in [-0.4, -0.2) is 34.1 Å². The molecule has 0 saturated carbocycles. The minimum absolute atomic E-state index is 0.546. The molecule has 12 aromatic rings. The summed E-state index contributed by atoms with van der Waals surface area (Å²) in [4.78, 5) is 26.1. The lowest BCUT2D eigenvalue weighted by molar-refractivity contribution is 0.955. The second-order valence-electron chi connectivity index (χ2n) is 14.1. The van der Waals surface area contributed by atoms with Gasteiger partial charge in [-0.3, -0.25) is 4.57 Å². The van der Waals surface area contributed by atoms with Crippen molar-refractivity contribution in [3.8, 4) is 45.5 Å².